The first kappa shape index (κ1) is 18.5. The number of hydrogen-bond acceptors (Lipinski definition) is 11. The van der Waals surface area contributed by atoms with Gasteiger partial charge in [0.1, 0.15) is 36.8 Å². The van der Waals surface area contributed by atoms with Gasteiger partial charge in [0.15, 0.2) is 17.7 Å². The topological polar surface area (TPSA) is 192 Å². The van der Waals surface area contributed by atoms with Crippen LogP contribution in [0, 0.1) is 0 Å². The van der Waals surface area contributed by atoms with Gasteiger partial charge in [-0.2, -0.15) is 0 Å². The fourth-order valence-corrected chi connectivity index (χ4v) is 2.99. The molecule has 5 N–H and O–H groups in total. The molecule has 0 aliphatic carbocycles. The van der Waals surface area contributed by atoms with Crippen molar-refractivity contribution < 1.29 is 38.5 Å². The molecular formula is C12H15N5O8P+. The van der Waals surface area contributed by atoms with E-state index in [9.17, 15) is 19.6 Å². The number of imidazole rings is 1. The quantitative estimate of drug-likeness (QED) is 0.415. The van der Waals surface area contributed by atoms with Crippen molar-refractivity contribution in [2.75, 3.05) is 18.9 Å². The largest absolute Gasteiger partial charge is 0.698 e. The minimum atomic E-state index is -2.71. The van der Waals surface area contributed by atoms with E-state index >= 15 is 0 Å². The van der Waals surface area contributed by atoms with Crippen LogP contribution in [0.5, 0.6) is 0 Å². The van der Waals surface area contributed by atoms with Gasteiger partial charge >= 0.3 is 14.2 Å². The highest BCUT2D eigenvalue weighted by atomic mass is 31.1. The Morgan fingerprint density at radius 3 is 2.81 bits per heavy atom. The number of aliphatic hydroxyl groups is 2. The number of fused-ring (bicyclic) bond motifs is 1. The number of ether oxygens (including phenoxy) is 1. The minimum Gasteiger partial charge on any atom is -0.479 e. The Kier molecular flexibility index (Phi) is 5.36. The van der Waals surface area contributed by atoms with Gasteiger partial charge in [0.25, 0.3) is 0 Å². The molecule has 0 amide bonds. The summed E-state index contributed by atoms with van der Waals surface area (Å²) in [6, 6.07) is 0. The highest BCUT2D eigenvalue weighted by Crippen LogP contribution is 2.34. The number of nitrogen functional groups attached to an aromatic ring is 1. The zero-order valence-electron chi connectivity index (χ0n) is 13.1. The Labute approximate surface area is 146 Å². The number of aliphatic hydroxyl groups excluding tert-OH is 2. The van der Waals surface area contributed by atoms with E-state index in [0.29, 0.717) is 11.2 Å². The number of carboxylic acids is 1. The Bertz CT molecular complexity index is 831. The Morgan fingerprint density at radius 1 is 1.31 bits per heavy atom. The molecule has 14 heteroatoms. The van der Waals surface area contributed by atoms with Crippen molar-refractivity contribution in [3.8, 4) is 0 Å². The van der Waals surface area contributed by atoms with Crippen molar-refractivity contribution >= 4 is 31.2 Å². The number of carboxylic acid groups (broad SMARTS) is 1. The average molecular weight is 388 g/mol. The predicted molar refractivity (Wildman–Crippen MR) is 82.8 cm³/mol. The lowest BCUT2D eigenvalue weighted by Gasteiger charge is -2.16. The first-order valence-corrected chi connectivity index (χ1v) is 8.37. The van der Waals surface area contributed by atoms with Gasteiger partial charge < -0.3 is 25.8 Å². The molecular weight excluding hydrogens is 373 g/mol. The maximum absolute atomic E-state index is 11.4. The van der Waals surface area contributed by atoms with Gasteiger partial charge in [-0.25, -0.2) is 19.7 Å². The lowest BCUT2D eigenvalue weighted by atomic mass is 10.1. The molecule has 3 rings (SSSR count). The molecule has 3 heterocycles. The number of nitrogens with two attached hydrogens (primary N) is 1. The fraction of sp³-hybridized carbons (Fsp3) is 0.500. The summed E-state index contributed by atoms with van der Waals surface area (Å²) in [4.78, 5) is 22.2. The van der Waals surface area contributed by atoms with Gasteiger partial charge in [-0.3, -0.25) is 4.57 Å². The summed E-state index contributed by atoms with van der Waals surface area (Å²) in [5.74, 6) is -1.16. The molecule has 0 spiro atoms. The molecule has 13 nitrogen and oxygen atoms in total. The van der Waals surface area contributed by atoms with E-state index in [-0.39, 0.29) is 5.82 Å². The van der Waals surface area contributed by atoms with Crippen LogP contribution < -0.4 is 5.73 Å². The Morgan fingerprint density at radius 2 is 2.08 bits per heavy atom. The van der Waals surface area contributed by atoms with Gasteiger partial charge in [-0.1, -0.05) is 0 Å². The monoisotopic (exact) mass is 388 g/mol. The molecule has 2 aromatic heterocycles. The standard InChI is InChI=1S/C12H14N5O8P/c13-10-7-11(15-3-14-10)17(4-16-7)12-9(21)8(20)5(25-12)1-23-26(22)24-2-6(18)19/h3-5,8-9,12,20-21H,1-2H2,(H2-,13,14,15,18,19)/p+1/t5-,8-,9-,12-/m1/s1. The number of rotatable bonds is 7. The number of hydrogen-bond donors (Lipinski definition) is 4. The molecule has 1 fully saturated rings. The molecule has 0 aromatic carbocycles. The van der Waals surface area contributed by atoms with E-state index in [2.05, 4.69) is 19.5 Å². The van der Waals surface area contributed by atoms with E-state index in [1.54, 1.807) is 0 Å². The van der Waals surface area contributed by atoms with Crippen LogP contribution in [0.25, 0.3) is 11.2 Å². The van der Waals surface area contributed by atoms with E-state index < -0.39 is 52.0 Å². The van der Waals surface area contributed by atoms with Crippen LogP contribution in [-0.4, -0.2) is 72.3 Å². The molecule has 5 atom stereocenters. The smallest absolute Gasteiger partial charge is 0.479 e. The van der Waals surface area contributed by atoms with Crippen LogP contribution in [0.1, 0.15) is 6.23 Å². The van der Waals surface area contributed by atoms with Crippen LogP contribution in [0.15, 0.2) is 12.7 Å². The molecule has 1 saturated heterocycles. The zero-order valence-corrected chi connectivity index (χ0v) is 14.0. The molecule has 0 radical (unpaired) electrons. The second-order valence-corrected chi connectivity index (χ2v) is 6.28. The maximum atomic E-state index is 11.4. The molecule has 1 unspecified atom stereocenters. The number of aromatic nitrogens is 4. The fourth-order valence-electron chi connectivity index (χ4n) is 2.43. The normalized spacial score (nSPS) is 26.3. The summed E-state index contributed by atoms with van der Waals surface area (Å²) in [7, 11) is -2.71. The van der Waals surface area contributed by atoms with Gasteiger partial charge in [-0.15, -0.1) is 9.05 Å². The van der Waals surface area contributed by atoms with E-state index in [4.69, 9.17) is 20.1 Å². The first-order valence-electron chi connectivity index (χ1n) is 7.28. The summed E-state index contributed by atoms with van der Waals surface area (Å²) in [5.41, 5.74) is 6.31. The lowest BCUT2D eigenvalue weighted by Crippen LogP contribution is -2.33. The third-order valence-corrected chi connectivity index (χ3v) is 4.34. The summed E-state index contributed by atoms with van der Waals surface area (Å²) in [6.07, 6.45) is -2.25. The molecule has 26 heavy (non-hydrogen) atoms. The second-order valence-electron chi connectivity index (χ2n) is 5.32. The first-order chi connectivity index (χ1) is 12.4. The van der Waals surface area contributed by atoms with Crippen LogP contribution in [0.3, 0.4) is 0 Å². The maximum Gasteiger partial charge on any atom is 0.698 e. The van der Waals surface area contributed by atoms with Crippen molar-refractivity contribution in [1.82, 2.24) is 19.5 Å². The van der Waals surface area contributed by atoms with Crippen LogP contribution in [0.2, 0.25) is 0 Å². The summed E-state index contributed by atoms with van der Waals surface area (Å²) in [6.45, 7) is -1.19. The summed E-state index contributed by atoms with van der Waals surface area (Å²) < 4.78 is 27.6. The van der Waals surface area contributed by atoms with Gasteiger partial charge in [0, 0.05) is 4.57 Å². The second kappa shape index (κ2) is 7.53. The van der Waals surface area contributed by atoms with E-state index in [0.717, 1.165) is 0 Å². The predicted octanol–water partition coefficient (Wildman–Crippen LogP) is -1.20. The van der Waals surface area contributed by atoms with Crippen LogP contribution in [-0.2, 0) is 23.1 Å². The van der Waals surface area contributed by atoms with Crippen molar-refractivity contribution in [1.29, 1.82) is 0 Å². The number of anilines is 1. The van der Waals surface area contributed by atoms with Crippen molar-refractivity contribution in [3.05, 3.63) is 12.7 Å². The SMILES string of the molecule is Nc1ncnc2c1ncn2[C@@H]1O[C@H](CO[P+](=O)OCC(=O)O)[C@@H](O)[C@H]1O. The Balaban J connectivity index is 1.68. The van der Waals surface area contributed by atoms with Crippen molar-refractivity contribution in [2.24, 2.45) is 0 Å². The molecule has 1 aliphatic rings. The highest BCUT2D eigenvalue weighted by molar-refractivity contribution is 7.33. The number of aliphatic carboxylic acids is 1. The van der Waals surface area contributed by atoms with Gasteiger partial charge in [0.2, 0.25) is 6.61 Å². The van der Waals surface area contributed by atoms with Crippen LogP contribution >= 0.6 is 8.25 Å². The lowest BCUT2D eigenvalue weighted by molar-refractivity contribution is -0.139. The van der Waals surface area contributed by atoms with Crippen molar-refractivity contribution in [3.63, 3.8) is 0 Å². The highest BCUT2D eigenvalue weighted by Gasteiger charge is 2.46. The van der Waals surface area contributed by atoms with E-state index in [1.807, 2.05) is 0 Å². The van der Waals surface area contributed by atoms with E-state index in [1.165, 1.54) is 17.2 Å². The Hall–Kier alpha value is -2.28. The molecule has 2 aromatic rings. The van der Waals surface area contributed by atoms with Gasteiger partial charge in [0.05, 0.1) is 6.33 Å². The summed E-state index contributed by atoms with van der Waals surface area (Å²) in [5, 5.41) is 28.8. The summed E-state index contributed by atoms with van der Waals surface area (Å²) >= 11 is 0. The third-order valence-electron chi connectivity index (χ3n) is 3.64. The molecule has 0 saturated carbocycles. The molecule has 1 aliphatic heterocycles. The molecule has 140 valence electrons. The minimum absolute atomic E-state index is 0.147. The molecule has 0 bridgehead atoms. The average Bonchev–Trinajstić information content (AvgIpc) is 3.15. The van der Waals surface area contributed by atoms with Gasteiger partial charge in [-0.05, 0) is 0 Å². The van der Waals surface area contributed by atoms with Crippen LogP contribution in [0.4, 0.5) is 5.82 Å². The third kappa shape index (κ3) is 3.62. The number of nitrogens with zero attached hydrogens (tertiary/aromatic N) is 4. The zero-order chi connectivity index (χ0) is 18.8. The number of carbonyl (C=O) groups is 1. The van der Waals surface area contributed by atoms with Crippen molar-refractivity contribution in [2.45, 2.75) is 24.5 Å².